The minimum absolute atomic E-state index is 0.0224. The molecule has 1 heterocycles. The molecule has 0 saturated heterocycles. The molecule has 20 heavy (non-hydrogen) atoms. The summed E-state index contributed by atoms with van der Waals surface area (Å²) in [6, 6.07) is 10.0. The number of pyridine rings is 1. The standard InChI is InChI=1S/C13H13N3O3S/c14-20(18,19)12-5-6-16-13(7-12)11-3-1-10(2-4-11)8-15-9-17/h1-7,9H,8H2,(H,15,17)(H2,14,18,19). The SMILES string of the molecule is NS(=O)(=O)c1ccnc(-c2ccc(CNC=O)cc2)c1. The summed E-state index contributed by atoms with van der Waals surface area (Å²) in [5.74, 6) is 0. The van der Waals surface area contributed by atoms with Crippen molar-refractivity contribution >= 4 is 16.4 Å². The molecule has 0 unspecified atom stereocenters. The smallest absolute Gasteiger partial charge is 0.238 e. The third kappa shape index (κ3) is 3.40. The van der Waals surface area contributed by atoms with Gasteiger partial charge in [-0.2, -0.15) is 0 Å². The van der Waals surface area contributed by atoms with Crippen LogP contribution in [0.4, 0.5) is 0 Å². The summed E-state index contributed by atoms with van der Waals surface area (Å²) in [6.45, 7) is 0.439. The topological polar surface area (TPSA) is 102 Å². The maximum absolute atomic E-state index is 11.3. The fourth-order valence-electron chi connectivity index (χ4n) is 1.70. The predicted molar refractivity (Wildman–Crippen MR) is 73.9 cm³/mol. The number of primary sulfonamides is 1. The minimum atomic E-state index is -3.74. The average Bonchev–Trinajstić information content (AvgIpc) is 2.45. The van der Waals surface area contributed by atoms with E-state index < -0.39 is 10.0 Å². The number of sulfonamides is 1. The molecule has 0 aliphatic rings. The number of amides is 1. The molecule has 0 bridgehead atoms. The van der Waals surface area contributed by atoms with Crippen molar-refractivity contribution in [3.8, 4) is 11.3 Å². The van der Waals surface area contributed by atoms with Gasteiger partial charge in [0.2, 0.25) is 16.4 Å². The molecule has 3 N–H and O–H groups in total. The number of carbonyl (C=O) groups excluding carboxylic acids is 1. The first kappa shape index (κ1) is 14.2. The van der Waals surface area contributed by atoms with E-state index in [1.165, 1.54) is 18.3 Å². The van der Waals surface area contributed by atoms with E-state index in [9.17, 15) is 13.2 Å². The second-order valence-corrected chi connectivity index (χ2v) is 5.68. The average molecular weight is 291 g/mol. The van der Waals surface area contributed by atoms with Crippen LogP contribution in [-0.2, 0) is 21.4 Å². The second kappa shape index (κ2) is 5.81. The number of nitrogens with one attached hydrogen (secondary N) is 1. The highest BCUT2D eigenvalue weighted by Gasteiger charge is 2.09. The monoisotopic (exact) mass is 291 g/mol. The van der Waals surface area contributed by atoms with Gasteiger partial charge in [0, 0.05) is 18.3 Å². The Morgan fingerprint density at radius 3 is 2.50 bits per heavy atom. The molecular formula is C13H13N3O3S. The Labute approximate surface area is 116 Å². The van der Waals surface area contributed by atoms with Crippen LogP contribution in [0.2, 0.25) is 0 Å². The quantitative estimate of drug-likeness (QED) is 0.789. The normalized spacial score (nSPS) is 11.1. The molecule has 104 valence electrons. The number of aromatic nitrogens is 1. The Balaban J connectivity index is 2.30. The molecule has 0 saturated carbocycles. The summed E-state index contributed by atoms with van der Waals surface area (Å²) in [6.07, 6.45) is 2.03. The molecule has 1 aromatic heterocycles. The summed E-state index contributed by atoms with van der Waals surface area (Å²) >= 11 is 0. The van der Waals surface area contributed by atoms with Crippen molar-refractivity contribution in [2.24, 2.45) is 5.14 Å². The molecule has 0 radical (unpaired) electrons. The zero-order chi connectivity index (χ0) is 14.6. The third-order valence-electron chi connectivity index (χ3n) is 2.70. The van der Waals surface area contributed by atoms with E-state index in [0.717, 1.165) is 11.1 Å². The number of benzene rings is 1. The van der Waals surface area contributed by atoms with Crippen molar-refractivity contribution in [3.05, 3.63) is 48.2 Å². The maximum atomic E-state index is 11.3. The van der Waals surface area contributed by atoms with Crippen LogP contribution >= 0.6 is 0 Å². The van der Waals surface area contributed by atoms with Crippen LogP contribution in [0, 0.1) is 0 Å². The highest BCUT2D eigenvalue weighted by molar-refractivity contribution is 7.89. The molecule has 2 rings (SSSR count). The zero-order valence-corrected chi connectivity index (χ0v) is 11.3. The number of carbonyl (C=O) groups is 1. The van der Waals surface area contributed by atoms with E-state index in [-0.39, 0.29) is 4.90 Å². The van der Waals surface area contributed by atoms with Gasteiger partial charge in [-0.05, 0) is 17.7 Å². The Morgan fingerprint density at radius 1 is 1.20 bits per heavy atom. The molecule has 1 amide bonds. The van der Waals surface area contributed by atoms with Crippen molar-refractivity contribution in [2.45, 2.75) is 11.4 Å². The van der Waals surface area contributed by atoms with E-state index in [0.29, 0.717) is 18.6 Å². The van der Waals surface area contributed by atoms with Crippen molar-refractivity contribution < 1.29 is 13.2 Å². The lowest BCUT2D eigenvalue weighted by Crippen LogP contribution is -2.12. The van der Waals surface area contributed by atoms with E-state index >= 15 is 0 Å². The predicted octanol–water partition coefficient (Wildman–Crippen LogP) is 0.642. The van der Waals surface area contributed by atoms with Gasteiger partial charge in [-0.3, -0.25) is 9.78 Å². The Kier molecular flexibility index (Phi) is 4.11. The van der Waals surface area contributed by atoms with E-state index in [4.69, 9.17) is 5.14 Å². The maximum Gasteiger partial charge on any atom is 0.238 e. The summed E-state index contributed by atoms with van der Waals surface area (Å²) < 4.78 is 22.6. The fraction of sp³-hybridized carbons (Fsp3) is 0.0769. The molecule has 0 fully saturated rings. The third-order valence-corrected chi connectivity index (χ3v) is 3.61. The number of hydrogen-bond donors (Lipinski definition) is 2. The van der Waals surface area contributed by atoms with Gasteiger partial charge in [0.1, 0.15) is 0 Å². The fourth-order valence-corrected chi connectivity index (χ4v) is 2.23. The lowest BCUT2D eigenvalue weighted by molar-refractivity contribution is -0.109. The molecule has 0 atom stereocenters. The first-order valence-electron chi connectivity index (χ1n) is 5.76. The van der Waals surface area contributed by atoms with Gasteiger partial charge in [-0.1, -0.05) is 24.3 Å². The summed E-state index contributed by atoms with van der Waals surface area (Å²) in [7, 11) is -3.74. The molecule has 0 spiro atoms. The lowest BCUT2D eigenvalue weighted by atomic mass is 10.1. The van der Waals surface area contributed by atoms with Crippen LogP contribution in [0.15, 0.2) is 47.5 Å². The van der Waals surface area contributed by atoms with Crippen LogP contribution < -0.4 is 10.5 Å². The van der Waals surface area contributed by atoms with Gasteiger partial charge in [-0.15, -0.1) is 0 Å². The summed E-state index contributed by atoms with van der Waals surface area (Å²) in [5.41, 5.74) is 2.22. The first-order chi connectivity index (χ1) is 9.50. The second-order valence-electron chi connectivity index (χ2n) is 4.12. The van der Waals surface area contributed by atoms with Crippen molar-refractivity contribution in [1.82, 2.24) is 10.3 Å². The summed E-state index contributed by atoms with van der Waals surface area (Å²) in [5, 5.41) is 7.65. The largest absolute Gasteiger partial charge is 0.355 e. The molecule has 0 aliphatic carbocycles. The highest BCUT2D eigenvalue weighted by Crippen LogP contribution is 2.20. The zero-order valence-electron chi connectivity index (χ0n) is 10.5. The van der Waals surface area contributed by atoms with Crippen LogP contribution in [0.5, 0.6) is 0 Å². The molecule has 2 aromatic rings. The van der Waals surface area contributed by atoms with Gasteiger partial charge < -0.3 is 5.32 Å². The van der Waals surface area contributed by atoms with Gasteiger partial charge in [0.15, 0.2) is 0 Å². The highest BCUT2D eigenvalue weighted by atomic mass is 32.2. The number of nitrogens with two attached hydrogens (primary N) is 1. The van der Waals surface area contributed by atoms with Gasteiger partial charge in [0.05, 0.1) is 10.6 Å². The summed E-state index contributed by atoms with van der Waals surface area (Å²) in [4.78, 5) is 14.4. The minimum Gasteiger partial charge on any atom is -0.355 e. The van der Waals surface area contributed by atoms with Crippen LogP contribution in [0.25, 0.3) is 11.3 Å². The van der Waals surface area contributed by atoms with Crippen LogP contribution in [-0.4, -0.2) is 19.8 Å². The van der Waals surface area contributed by atoms with Gasteiger partial charge in [-0.25, -0.2) is 13.6 Å². The molecule has 1 aromatic carbocycles. The van der Waals surface area contributed by atoms with Crippen LogP contribution in [0.1, 0.15) is 5.56 Å². The number of rotatable bonds is 5. The van der Waals surface area contributed by atoms with Crippen molar-refractivity contribution in [2.75, 3.05) is 0 Å². The van der Waals surface area contributed by atoms with Gasteiger partial charge in [0.25, 0.3) is 0 Å². The lowest BCUT2D eigenvalue weighted by Gasteiger charge is -2.05. The van der Waals surface area contributed by atoms with Crippen molar-refractivity contribution in [3.63, 3.8) is 0 Å². The van der Waals surface area contributed by atoms with E-state index in [1.807, 2.05) is 12.1 Å². The first-order valence-corrected chi connectivity index (χ1v) is 7.30. The number of nitrogens with zero attached hydrogens (tertiary/aromatic N) is 1. The van der Waals surface area contributed by atoms with Crippen molar-refractivity contribution in [1.29, 1.82) is 0 Å². The molecule has 0 aliphatic heterocycles. The Hall–Kier alpha value is -2.25. The van der Waals surface area contributed by atoms with E-state index in [1.54, 1.807) is 12.1 Å². The molecular weight excluding hydrogens is 278 g/mol. The van der Waals surface area contributed by atoms with Crippen LogP contribution in [0.3, 0.4) is 0 Å². The van der Waals surface area contributed by atoms with Gasteiger partial charge >= 0.3 is 0 Å². The molecule has 6 nitrogen and oxygen atoms in total. The number of hydrogen-bond acceptors (Lipinski definition) is 4. The Morgan fingerprint density at radius 2 is 1.90 bits per heavy atom. The Bertz CT molecular complexity index is 712. The molecule has 7 heteroatoms. The van der Waals surface area contributed by atoms with E-state index in [2.05, 4.69) is 10.3 Å².